The van der Waals surface area contributed by atoms with E-state index in [1.165, 1.54) is 12.1 Å². The lowest BCUT2D eigenvalue weighted by molar-refractivity contribution is 0.0809. The van der Waals surface area contributed by atoms with Gasteiger partial charge in [-0.2, -0.15) is 5.26 Å². The van der Waals surface area contributed by atoms with E-state index in [-0.39, 0.29) is 41.5 Å². The zero-order chi connectivity index (χ0) is 20.8. The summed E-state index contributed by atoms with van der Waals surface area (Å²) in [5.74, 6) is -0.843. The molecular formula is C21H22ClF2N3O2S. The molecule has 2 aliphatic heterocycles. The van der Waals surface area contributed by atoms with Gasteiger partial charge in [0.25, 0.3) is 0 Å². The quantitative estimate of drug-likeness (QED) is 0.728. The monoisotopic (exact) mass is 453 g/mol. The normalized spacial score (nSPS) is 25.0. The Hall–Kier alpha value is -2.05. The molecule has 1 aliphatic carbocycles. The van der Waals surface area contributed by atoms with Crippen molar-refractivity contribution in [1.29, 1.82) is 5.26 Å². The SMILES string of the molecule is CS(=O)(=O)N[C@H]1C2CC(C2)N[C@H]1Cc1cccc(-c2cc(F)cc(C#N)c2)c1F.Cl. The molecule has 3 fully saturated rings. The number of fused-ring (bicyclic) bond motifs is 2. The van der Waals surface area contributed by atoms with Crippen LogP contribution in [0.2, 0.25) is 0 Å². The van der Waals surface area contributed by atoms with Crippen molar-refractivity contribution < 1.29 is 17.2 Å². The van der Waals surface area contributed by atoms with Crippen LogP contribution in [0.4, 0.5) is 8.78 Å². The summed E-state index contributed by atoms with van der Waals surface area (Å²) in [5, 5.41) is 12.5. The van der Waals surface area contributed by atoms with Gasteiger partial charge in [-0.05, 0) is 54.5 Å². The summed E-state index contributed by atoms with van der Waals surface area (Å²) in [6.45, 7) is 0. The summed E-state index contributed by atoms with van der Waals surface area (Å²) in [6.07, 6.45) is 3.26. The van der Waals surface area contributed by atoms with Crippen LogP contribution in [0.3, 0.4) is 0 Å². The van der Waals surface area contributed by atoms with E-state index in [2.05, 4.69) is 10.0 Å². The summed E-state index contributed by atoms with van der Waals surface area (Å²) >= 11 is 0. The topological polar surface area (TPSA) is 82.0 Å². The molecule has 5 nitrogen and oxygen atoms in total. The minimum absolute atomic E-state index is 0. The number of nitrogens with zero attached hydrogens (tertiary/aromatic N) is 1. The van der Waals surface area contributed by atoms with E-state index in [4.69, 9.17) is 5.26 Å². The lowest BCUT2D eigenvalue weighted by Gasteiger charge is -2.52. The molecule has 0 radical (unpaired) electrons. The molecule has 0 spiro atoms. The van der Waals surface area contributed by atoms with Crippen molar-refractivity contribution in [2.45, 2.75) is 37.4 Å². The van der Waals surface area contributed by atoms with Crippen molar-refractivity contribution in [2.24, 2.45) is 5.92 Å². The molecule has 9 heteroatoms. The standard InChI is InChI=1S/C21H21F2N3O2S.ClH/c1-29(27,28)26-21-15-8-17(9-15)25-19(21)10-13-3-2-4-18(20(13)23)14-5-12(11-24)6-16(22)7-14;/h2-7,15,17,19,21,25-26H,8-10H2,1H3;1H/t15?,17?,19-,21-;/m0./s1. The Morgan fingerprint density at radius 1 is 1.23 bits per heavy atom. The van der Waals surface area contributed by atoms with Gasteiger partial charge in [-0.15, -0.1) is 12.4 Å². The Balaban J connectivity index is 0.00000256. The zero-order valence-electron chi connectivity index (χ0n) is 16.2. The predicted octanol–water partition coefficient (Wildman–Crippen LogP) is 3.14. The second-order valence-corrected chi connectivity index (χ2v) is 9.72. The fourth-order valence-electron chi connectivity index (χ4n) is 4.44. The molecule has 0 amide bonds. The number of hydrogen-bond acceptors (Lipinski definition) is 4. The van der Waals surface area contributed by atoms with Gasteiger partial charge >= 0.3 is 0 Å². The second kappa shape index (κ2) is 8.60. The summed E-state index contributed by atoms with van der Waals surface area (Å²) < 4.78 is 55.4. The average molecular weight is 454 g/mol. The van der Waals surface area contributed by atoms with E-state index in [1.807, 2.05) is 6.07 Å². The van der Waals surface area contributed by atoms with Crippen molar-refractivity contribution in [3.63, 3.8) is 0 Å². The van der Waals surface area contributed by atoms with E-state index in [9.17, 15) is 12.8 Å². The molecule has 30 heavy (non-hydrogen) atoms. The van der Waals surface area contributed by atoms with Crippen molar-refractivity contribution in [1.82, 2.24) is 10.0 Å². The summed E-state index contributed by atoms with van der Waals surface area (Å²) in [7, 11) is -3.39. The highest BCUT2D eigenvalue weighted by atomic mass is 35.5. The van der Waals surface area contributed by atoms with Crippen LogP contribution in [0.5, 0.6) is 0 Å². The van der Waals surface area contributed by atoms with E-state index in [1.54, 1.807) is 18.2 Å². The van der Waals surface area contributed by atoms with Crippen LogP contribution in [-0.2, 0) is 16.4 Å². The second-order valence-electron chi connectivity index (χ2n) is 7.94. The van der Waals surface area contributed by atoms with Crippen LogP contribution in [0, 0.1) is 28.9 Å². The summed E-state index contributed by atoms with van der Waals surface area (Å²) in [6, 6.07) is 10.3. The van der Waals surface area contributed by atoms with Gasteiger partial charge in [-0.25, -0.2) is 21.9 Å². The van der Waals surface area contributed by atoms with Gasteiger partial charge in [0.15, 0.2) is 0 Å². The van der Waals surface area contributed by atoms with Crippen molar-refractivity contribution >= 4 is 22.4 Å². The smallest absolute Gasteiger partial charge is 0.209 e. The third-order valence-corrected chi connectivity index (χ3v) is 6.47. The maximum Gasteiger partial charge on any atom is 0.209 e. The zero-order valence-corrected chi connectivity index (χ0v) is 17.9. The maximum atomic E-state index is 15.3. The Morgan fingerprint density at radius 3 is 2.63 bits per heavy atom. The lowest BCUT2D eigenvalue weighted by Crippen LogP contribution is -2.67. The molecule has 5 rings (SSSR count). The van der Waals surface area contributed by atoms with E-state index in [0.29, 0.717) is 23.6 Å². The van der Waals surface area contributed by atoms with Crippen molar-refractivity contribution in [2.75, 3.05) is 6.26 Å². The molecule has 0 unspecified atom stereocenters. The number of nitrogens with one attached hydrogen (secondary N) is 2. The Labute approximate surface area is 180 Å². The average Bonchev–Trinajstić information content (AvgIpc) is 2.61. The van der Waals surface area contributed by atoms with E-state index >= 15 is 4.39 Å². The number of sulfonamides is 1. The van der Waals surface area contributed by atoms with Crippen molar-refractivity contribution in [3.05, 3.63) is 59.2 Å². The minimum Gasteiger partial charge on any atom is -0.309 e. The van der Waals surface area contributed by atoms with Crippen LogP contribution in [0.15, 0.2) is 36.4 Å². The molecule has 2 heterocycles. The third kappa shape index (κ3) is 4.65. The molecule has 2 N–H and O–H groups in total. The van der Waals surface area contributed by atoms with Crippen LogP contribution < -0.4 is 10.0 Å². The molecule has 160 valence electrons. The predicted molar refractivity (Wildman–Crippen MR) is 113 cm³/mol. The summed E-state index contributed by atoms with van der Waals surface area (Å²) in [5.41, 5.74) is 1.05. The van der Waals surface area contributed by atoms with Gasteiger partial charge in [0.2, 0.25) is 10.0 Å². The molecule has 2 bridgehead atoms. The van der Waals surface area contributed by atoms with Crippen LogP contribution in [-0.4, -0.2) is 32.8 Å². The number of hydrogen-bond donors (Lipinski definition) is 2. The van der Waals surface area contributed by atoms with Crippen LogP contribution >= 0.6 is 12.4 Å². The highest BCUT2D eigenvalue weighted by Crippen LogP contribution is 2.38. The number of piperidine rings is 2. The number of halogens is 3. The molecule has 1 saturated carbocycles. The van der Waals surface area contributed by atoms with E-state index < -0.39 is 21.7 Å². The van der Waals surface area contributed by atoms with Gasteiger partial charge in [-0.3, -0.25) is 0 Å². The highest BCUT2D eigenvalue weighted by Gasteiger charge is 2.46. The van der Waals surface area contributed by atoms with Gasteiger partial charge < -0.3 is 5.32 Å². The fourth-order valence-corrected chi connectivity index (χ4v) is 5.30. The first-order valence-corrected chi connectivity index (χ1v) is 11.3. The molecule has 2 atom stereocenters. The van der Waals surface area contributed by atoms with Crippen molar-refractivity contribution in [3.8, 4) is 17.2 Å². The minimum atomic E-state index is -3.39. The number of rotatable bonds is 5. The van der Waals surface area contributed by atoms with Gasteiger partial charge in [0.05, 0.1) is 17.9 Å². The first kappa shape index (κ1) is 22.6. The maximum absolute atomic E-state index is 15.3. The van der Waals surface area contributed by atoms with Gasteiger partial charge in [0, 0.05) is 23.7 Å². The molecule has 0 aromatic heterocycles. The first-order chi connectivity index (χ1) is 13.7. The number of nitriles is 1. The van der Waals surface area contributed by atoms with E-state index in [0.717, 1.165) is 25.2 Å². The van der Waals surface area contributed by atoms with Crippen LogP contribution in [0.25, 0.3) is 11.1 Å². The molecule has 2 aromatic rings. The molecule has 2 saturated heterocycles. The lowest BCUT2D eigenvalue weighted by atomic mass is 9.68. The molecular weight excluding hydrogens is 432 g/mol. The molecule has 2 aromatic carbocycles. The highest BCUT2D eigenvalue weighted by molar-refractivity contribution is 7.88. The largest absolute Gasteiger partial charge is 0.309 e. The Morgan fingerprint density at radius 2 is 1.97 bits per heavy atom. The number of benzene rings is 2. The Bertz CT molecular complexity index is 1100. The first-order valence-electron chi connectivity index (χ1n) is 9.45. The fraction of sp³-hybridized carbons (Fsp3) is 0.381. The molecule has 3 aliphatic rings. The van der Waals surface area contributed by atoms with Gasteiger partial charge in [-0.1, -0.05) is 18.2 Å². The summed E-state index contributed by atoms with van der Waals surface area (Å²) in [4.78, 5) is 0. The van der Waals surface area contributed by atoms with Gasteiger partial charge in [0.1, 0.15) is 11.6 Å². The third-order valence-electron chi connectivity index (χ3n) is 5.77. The van der Waals surface area contributed by atoms with Crippen LogP contribution in [0.1, 0.15) is 24.0 Å². The Kier molecular flexibility index (Phi) is 6.48.